The number of carbonyl (C=O) groups is 1. The zero-order valence-electron chi connectivity index (χ0n) is 11.7. The van der Waals surface area contributed by atoms with Gasteiger partial charge in [0.2, 0.25) is 5.82 Å². The molecule has 0 aliphatic heterocycles. The summed E-state index contributed by atoms with van der Waals surface area (Å²) in [6, 6.07) is 1.13. The lowest BCUT2D eigenvalue weighted by Crippen LogP contribution is -2.34. The van der Waals surface area contributed by atoms with Crippen molar-refractivity contribution in [3.63, 3.8) is 0 Å². The summed E-state index contributed by atoms with van der Waals surface area (Å²) in [5.74, 6) is -1.81. The third-order valence-corrected chi connectivity index (χ3v) is 3.70. The number of benzene rings is 1. The second-order valence-electron chi connectivity index (χ2n) is 4.37. The van der Waals surface area contributed by atoms with Gasteiger partial charge in [0.05, 0.1) is 4.92 Å². The summed E-state index contributed by atoms with van der Waals surface area (Å²) in [5, 5.41) is 13.1. The van der Waals surface area contributed by atoms with Crippen molar-refractivity contribution < 1.29 is 18.5 Å². The first-order chi connectivity index (χ1) is 9.88. The molecule has 0 spiro atoms. The molecule has 1 aromatic carbocycles. The third-order valence-electron chi connectivity index (χ3n) is 2.77. The fraction of sp³-hybridized carbons (Fsp3) is 0.462. The predicted molar refractivity (Wildman–Crippen MR) is 77.6 cm³/mol. The van der Waals surface area contributed by atoms with Gasteiger partial charge in [-0.3, -0.25) is 14.9 Å². The molecule has 5 nitrogen and oxygen atoms in total. The third kappa shape index (κ3) is 4.66. The van der Waals surface area contributed by atoms with Crippen LogP contribution in [0.25, 0.3) is 0 Å². The zero-order chi connectivity index (χ0) is 16.0. The Bertz CT molecular complexity index is 540. The van der Waals surface area contributed by atoms with Crippen molar-refractivity contribution in [2.45, 2.75) is 26.3 Å². The molecule has 0 fully saturated rings. The van der Waals surface area contributed by atoms with E-state index in [1.807, 2.05) is 6.92 Å². The number of halogens is 2. The highest BCUT2D eigenvalue weighted by Gasteiger charge is 2.26. The predicted octanol–water partition coefficient (Wildman–Crippen LogP) is 3.13. The number of nitrogens with zero attached hydrogens (tertiary/aromatic N) is 1. The Hall–Kier alpha value is -1.70. The van der Waals surface area contributed by atoms with Crippen LogP contribution in [0.4, 0.5) is 14.5 Å². The van der Waals surface area contributed by atoms with Gasteiger partial charge in [0, 0.05) is 12.1 Å². The summed E-state index contributed by atoms with van der Waals surface area (Å²) in [4.78, 5) is 21.5. The molecule has 0 saturated carbocycles. The minimum absolute atomic E-state index is 0.283. The lowest BCUT2D eigenvalue weighted by Gasteiger charge is -2.14. The molecule has 21 heavy (non-hydrogen) atoms. The van der Waals surface area contributed by atoms with Gasteiger partial charge >= 0.3 is 5.69 Å². The summed E-state index contributed by atoms with van der Waals surface area (Å²) in [5.41, 5.74) is -1.84. The van der Waals surface area contributed by atoms with Crippen LogP contribution in [0, 0.1) is 21.7 Å². The number of thioether (sulfide) groups is 1. The van der Waals surface area contributed by atoms with Crippen LogP contribution < -0.4 is 5.32 Å². The number of rotatable bonds is 7. The average Bonchev–Trinajstić information content (AvgIpc) is 2.38. The molecule has 1 unspecified atom stereocenters. The van der Waals surface area contributed by atoms with Crippen LogP contribution in [0.2, 0.25) is 0 Å². The molecule has 0 aromatic heterocycles. The van der Waals surface area contributed by atoms with Gasteiger partial charge in [0.15, 0.2) is 0 Å². The van der Waals surface area contributed by atoms with E-state index in [2.05, 4.69) is 5.32 Å². The number of nitro groups is 1. The van der Waals surface area contributed by atoms with Gasteiger partial charge in [-0.05, 0) is 30.9 Å². The largest absolute Gasteiger partial charge is 0.349 e. The Labute approximate surface area is 125 Å². The molecular weight excluding hydrogens is 302 g/mol. The summed E-state index contributed by atoms with van der Waals surface area (Å²) in [6.07, 6.45) is 0.641. The van der Waals surface area contributed by atoms with Gasteiger partial charge in [0.1, 0.15) is 11.4 Å². The van der Waals surface area contributed by atoms with Gasteiger partial charge in [0.25, 0.3) is 5.91 Å². The van der Waals surface area contributed by atoms with Crippen molar-refractivity contribution >= 4 is 23.4 Å². The average molecular weight is 318 g/mol. The number of carbonyl (C=O) groups excluding carboxylic acids is 1. The minimum atomic E-state index is -1.45. The maximum absolute atomic E-state index is 13.8. The van der Waals surface area contributed by atoms with E-state index >= 15 is 0 Å². The maximum atomic E-state index is 13.8. The molecule has 0 saturated heterocycles. The number of nitro benzene ring substituents is 1. The van der Waals surface area contributed by atoms with Crippen LogP contribution in [-0.2, 0) is 0 Å². The summed E-state index contributed by atoms with van der Waals surface area (Å²) < 4.78 is 27.4. The maximum Gasteiger partial charge on any atom is 0.305 e. The SMILES string of the molecule is CCSCCC(C)NC(=O)c1c(F)ccc([N+](=O)[O-])c1F. The van der Waals surface area contributed by atoms with Crippen molar-refractivity contribution in [2.24, 2.45) is 0 Å². The van der Waals surface area contributed by atoms with Gasteiger partial charge in [-0.2, -0.15) is 16.2 Å². The topological polar surface area (TPSA) is 72.2 Å². The van der Waals surface area contributed by atoms with E-state index in [4.69, 9.17) is 0 Å². The molecule has 0 heterocycles. The van der Waals surface area contributed by atoms with Gasteiger partial charge in [-0.15, -0.1) is 0 Å². The van der Waals surface area contributed by atoms with Gasteiger partial charge in [-0.1, -0.05) is 6.92 Å². The molecule has 1 atom stereocenters. The first kappa shape index (κ1) is 17.4. The van der Waals surface area contributed by atoms with Gasteiger partial charge in [-0.25, -0.2) is 4.39 Å². The monoisotopic (exact) mass is 318 g/mol. The highest BCUT2D eigenvalue weighted by atomic mass is 32.2. The fourth-order valence-electron chi connectivity index (χ4n) is 1.66. The molecule has 1 amide bonds. The quantitative estimate of drug-likeness (QED) is 0.476. The van der Waals surface area contributed by atoms with Crippen molar-refractivity contribution in [1.82, 2.24) is 5.32 Å². The van der Waals surface area contributed by atoms with Crippen LogP contribution >= 0.6 is 11.8 Å². The van der Waals surface area contributed by atoms with E-state index in [0.29, 0.717) is 18.6 Å². The number of hydrogen-bond donors (Lipinski definition) is 1. The molecule has 0 bridgehead atoms. The summed E-state index contributed by atoms with van der Waals surface area (Å²) in [6.45, 7) is 3.71. The second-order valence-corrected chi connectivity index (χ2v) is 5.77. The minimum Gasteiger partial charge on any atom is -0.349 e. The lowest BCUT2D eigenvalue weighted by atomic mass is 10.1. The first-order valence-corrected chi connectivity index (χ1v) is 7.54. The molecule has 0 aliphatic rings. The highest BCUT2D eigenvalue weighted by molar-refractivity contribution is 7.99. The molecule has 1 N–H and O–H groups in total. The van der Waals surface area contributed by atoms with Crippen LogP contribution in [0.5, 0.6) is 0 Å². The zero-order valence-corrected chi connectivity index (χ0v) is 12.5. The Morgan fingerprint density at radius 2 is 2.14 bits per heavy atom. The lowest BCUT2D eigenvalue weighted by molar-refractivity contribution is -0.387. The van der Waals surface area contributed by atoms with Crippen LogP contribution in [0.15, 0.2) is 12.1 Å². The highest BCUT2D eigenvalue weighted by Crippen LogP contribution is 2.23. The molecular formula is C13H16F2N2O3S. The van der Waals surface area contributed by atoms with Crippen molar-refractivity contribution in [3.8, 4) is 0 Å². The van der Waals surface area contributed by atoms with E-state index in [0.717, 1.165) is 11.5 Å². The number of nitrogens with one attached hydrogen (secondary N) is 1. The van der Waals surface area contributed by atoms with Crippen LogP contribution in [0.3, 0.4) is 0 Å². The van der Waals surface area contributed by atoms with Crippen LogP contribution in [-0.4, -0.2) is 28.4 Å². The van der Waals surface area contributed by atoms with Crippen molar-refractivity contribution in [2.75, 3.05) is 11.5 Å². The Kier molecular flexibility index (Phi) is 6.54. The van der Waals surface area contributed by atoms with Crippen LogP contribution in [0.1, 0.15) is 30.6 Å². The Morgan fingerprint density at radius 1 is 1.48 bits per heavy atom. The standard InChI is InChI=1S/C13H16F2N2O3S/c1-3-21-7-6-8(2)16-13(18)11-9(14)4-5-10(12(11)15)17(19)20/h4-5,8H,3,6-7H2,1-2H3,(H,16,18). The summed E-state index contributed by atoms with van der Waals surface area (Å²) in [7, 11) is 0. The number of amides is 1. The van der Waals surface area contributed by atoms with E-state index in [-0.39, 0.29) is 6.04 Å². The van der Waals surface area contributed by atoms with Crippen molar-refractivity contribution in [1.29, 1.82) is 0 Å². The number of hydrogen-bond acceptors (Lipinski definition) is 4. The Balaban J connectivity index is 2.87. The Morgan fingerprint density at radius 3 is 2.71 bits per heavy atom. The van der Waals surface area contributed by atoms with E-state index in [1.54, 1.807) is 18.7 Å². The smallest absolute Gasteiger partial charge is 0.305 e. The molecule has 1 rings (SSSR count). The summed E-state index contributed by atoms with van der Waals surface area (Å²) >= 11 is 1.68. The van der Waals surface area contributed by atoms with E-state index in [9.17, 15) is 23.7 Å². The molecule has 0 radical (unpaired) electrons. The van der Waals surface area contributed by atoms with Gasteiger partial charge < -0.3 is 5.32 Å². The van der Waals surface area contributed by atoms with E-state index < -0.39 is 33.7 Å². The molecule has 0 aliphatic carbocycles. The normalized spacial score (nSPS) is 12.0. The fourth-order valence-corrected chi connectivity index (χ4v) is 2.47. The van der Waals surface area contributed by atoms with E-state index in [1.165, 1.54) is 0 Å². The van der Waals surface area contributed by atoms with Crippen molar-refractivity contribution in [3.05, 3.63) is 39.4 Å². The first-order valence-electron chi connectivity index (χ1n) is 6.39. The molecule has 116 valence electrons. The second kappa shape index (κ2) is 7.92. The molecule has 1 aromatic rings. The molecule has 8 heteroatoms.